The van der Waals surface area contributed by atoms with Crippen LogP contribution < -0.4 is 10.6 Å². The number of hydrogen-bond donors (Lipinski definition) is 2. The number of carbonyl (C=O) groups is 1. The third-order valence-corrected chi connectivity index (χ3v) is 2.68. The summed E-state index contributed by atoms with van der Waals surface area (Å²) in [7, 11) is 3.08. The van der Waals surface area contributed by atoms with E-state index in [2.05, 4.69) is 15.6 Å². The molecule has 0 radical (unpaired) electrons. The highest BCUT2D eigenvalue weighted by Crippen LogP contribution is 2.06. The van der Waals surface area contributed by atoms with Crippen LogP contribution in [-0.2, 0) is 9.47 Å². The van der Waals surface area contributed by atoms with Crippen LogP contribution in [0.15, 0.2) is 18.2 Å². The van der Waals surface area contributed by atoms with Crippen molar-refractivity contribution in [2.45, 2.75) is 32.6 Å². The molecule has 0 spiro atoms. The molecule has 0 fully saturated rings. The molecule has 0 aliphatic rings. The van der Waals surface area contributed by atoms with Gasteiger partial charge in [-0.15, -0.1) is 0 Å². The first-order valence-electron chi connectivity index (χ1n) is 6.17. The molecule has 1 rings (SSSR count). The lowest BCUT2D eigenvalue weighted by Crippen LogP contribution is -2.46. The standard InChI is InChI=1S/C13H21N3O3/c1-5-10(12(18-3)19-4)15-13(17)16-11-8-6-7-9(2)14-11/h6-8,10,12H,5H2,1-4H3,(H2,14,15,16,17)/t10-/m1/s1. The summed E-state index contributed by atoms with van der Waals surface area (Å²) >= 11 is 0. The first kappa shape index (κ1) is 15.4. The quantitative estimate of drug-likeness (QED) is 0.772. The molecule has 1 atom stereocenters. The van der Waals surface area contributed by atoms with Crippen molar-refractivity contribution in [1.82, 2.24) is 10.3 Å². The Labute approximate surface area is 113 Å². The smallest absolute Gasteiger partial charge is 0.320 e. The molecule has 0 aromatic carbocycles. The van der Waals surface area contributed by atoms with Crippen molar-refractivity contribution < 1.29 is 14.3 Å². The minimum absolute atomic E-state index is 0.222. The molecule has 2 amide bonds. The summed E-state index contributed by atoms with van der Waals surface area (Å²) in [5.74, 6) is 0.513. The average molecular weight is 267 g/mol. The summed E-state index contributed by atoms with van der Waals surface area (Å²) in [4.78, 5) is 16.1. The van der Waals surface area contributed by atoms with Gasteiger partial charge in [-0.1, -0.05) is 13.0 Å². The van der Waals surface area contributed by atoms with Crippen LogP contribution in [0.4, 0.5) is 10.6 Å². The number of nitrogens with zero attached hydrogens (tertiary/aromatic N) is 1. The molecule has 6 heteroatoms. The minimum Gasteiger partial charge on any atom is -0.354 e. The van der Waals surface area contributed by atoms with Gasteiger partial charge in [0.05, 0.1) is 6.04 Å². The van der Waals surface area contributed by atoms with Crippen molar-refractivity contribution >= 4 is 11.8 Å². The SMILES string of the molecule is CC[C@@H](NC(=O)Nc1cccc(C)n1)C(OC)OC. The molecule has 2 N–H and O–H groups in total. The first-order chi connectivity index (χ1) is 9.10. The Morgan fingerprint density at radius 1 is 1.37 bits per heavy atom. The molecule has 106 valence electrons. The van der Waals surface area contributed by atoms with E-state index in [0.717, 1.165) is 5.69 Å². The van der Waals surface area contributed by atoms with Crippen LogP contribution in [0.25, 0.3) is 0 Å². The molecule has 6 nitrogen and oxygen atoms in total. The summed E-state index contributed by atoms with van der Waals surface area (Å²) in [5, 5.41) is 5.47. The van der Waals surface area contributed by atoms with Crippen molar-refractivity contribution in [1.29, 1.82) is 0 Å². The zero-order chi connectivity index (χ0) is 14.3. The second-order valence-electron chi connectivity index (χ2n) is 4.12. The van der Waals surface area contributed by atoms with Crippen LogP contribution in [-0.4, -0.2) is 37.6 Å². The monoisotopic (exact) mass is 267 g/mol. The fourth-order valence-corrected chi connectivity index (χ4v) is 1.72. The van der Waals surface area contributed by atoms with Crippen molar-refractivity contribution in [3.63, 3.8) is 0 Å². The molecule has 1 aromatic heterocycles. The number of anilines is 1. The fraction of sp³-hybridized carbons (Fsp3) is 0.538. The minimum atomic E-state index is -0.471. The Kier molecular flexibility index (Phi) is 6.24. The molecule has 0 saturated carbocycles. The maximum atomic E-state index is 11.9. The lowest BCUT2D eigenvalue weighted by atomic mass is 10.2. The van der Waals surface area contributed by atoms with Gasteiger partial charge in [-0.3, -0.25) is 5.32 Å². The summed E-state index contributed by atoms with van der Waals surface area (Å²) in [5.41, 5.74) is 0.844. The van der Waals surface area contributed by atoms with Crippen LogP contribution in [0.3, 0.4) is 0 Å². The van der Waals surface area contributed by atoms with E-state index >= 15 is 0 Å². The molecule has 0 aliphatic heterocycles. The Hall–Kier alpha value is -1.66. The second-order valence-corrected chi connectivity index (χ2v) is 4.12. The van der Waals surface area contributed by atoms with Gasteiger partial charge in [-0.05, 0) is 25.5 Å². The maximum Gasteiger partial charge on any atom is 0.320 e. The van der Waals surface area contributed by atoms with Gasteiger partial charge in [0.15, 0.2) is 6.29 Å². The number of carbonyl (C=O) groups excluding carboxylic acids is 1. The predicted molar refractivity (Wildman–Crippen MR) is 73.0 cm³/mol. The topological polar surface area (TPSA) is 72.5 Å². The van der Waals surface area contributed by atoms with Gasteiger partial charge in [-0.2, -0.15) is 0 Å². The molecule has 0 unspecified atom stereocenters. The lowest BCUT2D eigenvalue weighted by Gasteiger charge is -2.24. The number of ether oxygens (including phenoxy) is 2. The zero-order valence-electron chi connectivity index (χ0n) is 11.8. The van der Waals surface area contributed by atoms with Gasteiger partial charge in [0.2, 0.25) is 0 Å². The van der Waals surface area contributed by atoms with Gasteiger partial charge in [0, 0.05) is 19.9 Å². The number of aryl methyl sites for hydroxylation is 1. The Bertz CT molecular complexity index is 408. The van der Waals surface area contributed by atoms with Crippen molar-refractivity contribution in [3.05, 3.63) is 23.9 Å². The number of urea groups is 1. The molecule has 0 aliphatic carbocycles. The number of pyridine rings is 1. The normalized spacial score (nSPS) is 12.3. The zero-order valence-corrected chi connectivity index (χ0v) is 11.8. The van der Waals surface area contributed by atoms with Crippen molar-refractivity contribution in [2.75, 3.05) is 19.5 Å². The largest absolute Gasteiger partial charge is 0.354 e. The van der Waals surface area contributed by atoms with Crippen molar-refractivity contribution in [2.24, 2.45) is 0 Å². The lowest BCUT2D eigenvalue weighted by molar-refractivity contribution is -0.120. The third kappa shape index (κ3) is 4.84. The first-order valence-corrected chi connectivity index (χ1v) is 6.17. The van der Waals surface area contributed by atoms with Crippen LogP contribution in [0.1, 0.15) is 19.0 Å². The van der Waals surface area contributed by atoms with E-state index in [-0.39, 0.29) is 12.1 Å². The number of nitrogens with one attached hydrogen (secondary N) is 2. The van der Waals surface area contributed by atoms with Crippen LogP contribution in [0.2, 0.25) is 0 Å². The highest BCUT2D eigenvalue weighted by atomic mass is 16.7. The molecule has 1 heterocycles. The summed E-state index contributed by atoms with van der Waals surface area (Å²) in [6.45, 7) is 3.81. The molecule has 1 aromatic rings. The number of amides is 2. The van der Waals surface area contributed by atoms with Crippen molar-refractivity contribution in [3.8, 4) is 0 Å². The fourth-order valence-electron chi connectivity index (χ4n) is 1.72. The molecule has 0 bridgehead atoms. The highest BCUT2D eigenvalue weighted by molar-refractivity contribution is 5.88. The van der Waals surface area contributed by atoms with E-state index in [1.54, 1.807) is 20.3 Å². The Morgan fingerprint density at radius 3 is 2.58 bits per heavy atom. The molecular formula is C13H21N3O3. The molecule has 19 heavy (non-hydrogen) atoms. The van der Waals surface area contributed by atoms with Crippen LogP contribution >= 0.6 is 0 Å². The summed E-state index contributed by atoms with van der Waals surface area (Å²) in [6.07, 6.45) is 0.224. The third-order valence-electron chi connectivity index (χ3n) is 2.68. The van der Waals surface area contributed by atoms with Gasteiger partial charge in [0.1, 0.15) is 5.82 Å². The predicted octanol–water partition coefficient (Wildman–Crippen LogP) is 1.91. The van der Waals surface area contributed by atoms with E-state index < -0.39 is 6.29 Å². The number of hydrogen-bond acceptors (Lipinski definition) is 4. The Balaban J connectivity index is 2.58. The number of rotatable bonds is 6. The molecule has 0 saturated heterocycles. The molecular weight excluding hydrogens is 246 g/mol. The van der Waals surface area contributed by atoms with Gasteiger partial charge in [0.25, 0.3) is 0 Å². The summed E-state index contributed by atoms with van der Waals surface area (Å²) < 4.78 is 10.3. The average Bonchev–Trinajstić information content (AvgIpc) is 2.38. The van der Waals surface area contributed by atoms with Crippen LogP contribution in [0, 0.1) is 6.92 Å². The van der Waals surface area contributed by atoms with Crippen LogP contribution in [0.5, 0.6) is 0 Å². The highest BCUT2D eigenvalue weighted by Gasteiger charge is 2.21. The van der Waals surface area contributed by atoms with Gasteiger partial charge >= 0.3 is 6.03 Å². The van der Waals surface area contributed by atoms with Gasteiger partial charge in [-0.25, -0.2) is 9.78 Å². The van der Waals surface area contributed by atoms with Gasteiger partial charge < -0.3 is 14.8 Å². The van der Waals surface area contributed by atoms with E-state index in [9.17, 15) is 4.79 Å². The number of methoxy groups -OCH3 is 2. The second kappa shape index (κ2) is 7.70. The maximum absolute atomic E-state index is 11.9. The van der Waals surface area contributed by atoms with E-state index in [1.807, 2.05) is 26.0 Å². The number of aromatic nitrogens is 1. The van der Waals surface area contributed by atoms with E-state index in [0.29, 0.717) is 12.2 Å². The van der Waals surface area contributed by atoms with E-state index in [1.165, 1.54) is 0 Å². The summed E-state index contributed by atoms with van der Waals surface area (Å²) in [6, 6.07) is 4.88. The van der Waals surface area contributed by atoms with E-state index in [4.69, 9.17) is 9.47 Å². The Morgan fingerprint density at radius 2 is 2.05 bits per heavy atom.